The summed E-state index contributed by atoms with van der Waals surface area (Å²) in [5, 5.41) is 3.15. The molecule has 2 heterocycles. The molecule has 1 aromatic heterocycles. The summed E-state index contributed by atoms with van der Waals surface area (Å²) in [6.07, 6.45) is 2.11. The Balaban J connectivity index is 1.98. The average Bonchev–Trinajstić information content (AvgIpc) is 2.00. The fourth-order valence-electron chi connectivity index (χ4n) is 1.06. The number of rotatable bonds is 2. The van der Waals surface area contributed by atoms with Gasteiger partial charge in [0.2, 0.25) is 0 Å². The Bertz CT molecular complexity index is 254. The van der Waals surface area contributed by atoms with Gasteiger partial charge in [-0.15, -0.1) is 0 Å². The van der Waals surface area contributed by atoms with E-state index < -0.39 is 0 Å². The Hall–Kier alpha value is -1.09. The SMILES string of the molecule is Cc1ccc(OC2CNC2)cn1. The van der Waals surface area contributed by atoms with Crippen LogP contribution in [-0.4, -0.2) is 24.2 Å². The molecule has 1 aromatic rings. The van der Waals surface area contributed by atoms with Crippen molar-refractivity contribution in [2.24, 2.45) is 0 Å². The standard InChI is InChI=1S/C9H12N2O/c1-7-2-3-8(6-11-7)12-9-4-10-5-9/h2-3,6,9-10H,4-5H2,1H3. The molecule has 0 amide bonds. The highest BCUT2D eigenvalue weighted by atomic mass is 16.5. The number of nitrogens with zero attached hydrogens (tertiary/aromatic N) is 1. The van der Waals surface area contributed by atoms with Crippen LogP contribution in [0, 0.1) is 6.92 Å². The Morgan fingerprint density at radius 1 is 1.50 bits per heavy atom. The molecule has 0 unspecified atom stereocenters. The smallest absolute Gasteiger partial charge is 0.138 e. The van der Waals surface area contributed by atoms with Crippen LogP contribution >= 0.6 is 0 Å². The summed E-state index contributed by atoms with van der Waals surface area (Å²) >= 11 is 0. The molecule has 1 aliphatic heterocycles. The van der Waals surface area contributed by atoms with Crippen molar-refractivity contribution in [3.63, 3.8) is 0 Å². The number of aromatic nitrogens is 1. The third-order valence-electron chi connectivity index (χ3n) is 1.93. The topological polar surface area (TPSA) is 34.1 Å². The van der Waals surface area contributed by atoms with E-state index in [1.54, 1.807) is 6.20 Å². The average molecular weight is 164 g/mol. The van der Waals surface area contributed by atoms with Gasteiger partial charge >= 0.3 is 0 Å². The third kappa shape index (κ3) is 1.56. The van der Waals surface area contributed by atoms with Crippen molar-refractivity contribution >= 4 is 0 Å². The zero-order valence-corrected chi connectivity index (χ0v) is 7.08. The first-order chi connectivity index (χ1) is 5.84. The molecule has 1 fully saturated rings. The maximum atomic E-state index is 5.58. The molecule has 0 saturated carbocycles. The fourth-order valence-corrected chi connectivity index (χ4v) is 1.06. The Morgan fingerprint density at radius 3 is 2.83 bits per heavy atom. The van der Waals surface area contributed by atoms with E-state index in [1.807, 2.05) is 19.1 Å². The van der Waals surface area contributed by atoms with Crippen molar-refractivity contribution in [3.05, 3.63) is 24.0 Å². The second kappa shape index (κ2) is 3.11. The maximum Gasteiger partial charge on any atom is 0.138 e. The lowest BCUT2D eigenvalue weighted by atomic mass is 10.2. The van der Waals surface area contributed by atoms with Crippen LogP contribution in [0.3, 0.4) is 0 Å². The monoisotopic (exact) mass is 164 g/mol. The van der Waals surface area contributed by atoms with Gasteiger partial charge in [-0.25, -0.2) is 0 Å². The summed E-state index contributed by atoms with van der Waals surface area (Å²) in [4.78, 5) is 4.15. The molecule has 3 nitrogen and oxygen atoms in total. The van der Waals surface area contributed by atoms with Crippen molar-refractivity contribution < 1.29 is 4.74 Å². The second-order valence-electron chi connectivity index (χ2n) is 3.03. The van der Waals surface area contributed by atoms with E-state index in [0.717, 1.165) is 24.5 Å². The van der Waals surface area contributed by atoms with E-state index in [1.165, 1.54) is 0 Å². The third-order valence-corrected chi connectivity index (χ3v) is 1.93. The lowest BCUT2D eigenvalue weighted by Gasteiger charge is -2.27. The molecule has 1 aliphatic rings. The molecule has 0 aromatic carbocycles. The minimum atomic E-state index is 0.342. The van der Waals surface area contributed by atoms with Crippen LogP contribution in [0.25, 0.3) is 0 Å². The highest BCUT2D eigenvalue weighted by molar-refractivity contribution is 5.19. The molecule has 64 valence electrons. The highest BCUT2D eigenvalue weighted by Crippen LogP contribution is 2.12. The van der Waals surface area contributed by atoms with Gasteiger partial charge in [-0.3, -0.25) is 4.98 Å². The number of ether oxygens (including phenoxy) is 1. The summed E-state index contributed by atoms with van der Waals surface area (Å²) in [5.74, 6) is 0.868. The summed E-state index contributed by atoms with van der Waals surface area (Å²) < 4.78 is 5.58. The largest absolute Gasteiger partial charge is 0.486 e. The molecule has 3 heteroatoms. The van der Waals surface area contributed by atoms with Crippen molar-refractivity contribution in [1.29, 1.82) is 0 Å². The maximum absolute atomic E-state index is 5.58. The predicted octanol–water partition coefficient (Wildman–Crippen LogP) is 0.741. The minimum Gasteiger partial charge on any atom is -0.486 e. The normalized spacial score (nSPS) is 17.1. The van der Waals surface area contributed by atoms with E-state index in [4.69, 9.17) is 4.74 Å². The highest BCUT2D eigenvalue weighted by Gasteiger charge is 2.17. The molecule has 0 atom stereocenters. The lowest BCUT2D eigenvalue weighted by molar-refractivity contribution is 0.141. The summed E-state index contributed by atoms with van der Waals surface area (Å²) in [5.41, 5.74) is 1.02. The molecule has 2 rings (SSSR count). The fraction of sp³-hybridized carbons (Fsp3) is 0.444. The van der Waals surface area contributed by atoms with Crippen LogP contribution in [0.4, 0.5) is 0 Å². The Kier molecular flexibility index (Phi) is 1.96. The molecule has 12 heavy (non-hydrogen) atoms. The van der Waals surface area contributed by atoms with Gasteiger partial charge in [-0.1, -0.05) is 0 Å². The molecular weight excluding hydrogens is 152 g/mol. The number of hydrogen-bond donors (Lipinski definition) is 1. The van der Waals surface area contributed by atoms with E-state index in [9.17, 15) is 0 Å². The van der Waals surface area contributed by atoms with E-state index in [2.05, 4.69) is 10.3 Å². The number of hydrogen-bond acceptors (Lipinski definition) is 3. The predicted molar refractivity (Wildman–Crippen MR) is 46.3 cm³/mol. The molecule has 0 radical (unpaired) electrons. The van der Waals surface area contributed by atoms with E-state index in [-0.39, 0.29) is 0 Å². The zero-order valence-electron chi connectivity index (χ0n) is 7.08. The van der Waals surface area contributed by atoms with Crippen molar-refractivity contribution in [1.82, 2.24) is 10.3 Å². The molecule has 1 saturated heterocycles. The number of nitrogens with one attached hydrogen (secondary N) is 1. The van der Waals surface area contributed by atoms with Crippen molar-refractivity contribution in [2.45, 2.75) is 13.0 Å². The van der Waals surface area contributed by atoms with Crippen LogP contribution in [0.2, 0.25) is 0 Å². The first kappa shape index (κ1) is 7.55. The molecule has 1 N–H and O–H groups in total. The molecule has 0 bridgehead atoms. The van der Waals surface area contributed by atoms with Crippen LogP contribution in [0.5, 0.6) is 5.75 Å². The van der Waals surface area contributed by atoms with Crippen LogP contribution in [0.15, 0.2) is 18.3 Å². The van der Waals surface area contributed by atoms with E-state index in [0.29, 0.717) is 6.10 Å². The summed E-state index contributed by atoms with van der Waals surface area (Å²) in [6, 6.07) is 3.92. The van der Waals surface area contributed by atoms with Gasteiger partial charge in [-0.05, 0) is 19.1 Å². The summed E-state index contributed by atoms with van der Waals surface area (Å²) in [7, 11) is 0. The van der Waals surface area contributed by atoms with Crippen molar-refractivity contribution in [2.75, 3.05) is 13.1 Å². The number of aryl methyl sites for hydroxylation is 1. The van der Waals surface area contributed by atoms with Crippen LogP contribution in [-0.2, 0) is 0 Å². The summed E-state index contributed by atoms with van der Waals surface area (Å²) in [6.45, 7) is 3.87. The minimum absolute atomic E-state index is 0.342. The first-order valence-electron chi connectivity index (χ1n) is 4.14. The van der Waals surface area contributed by atoms with Gasteiger partial charge in [0, 0.05) is 18.8 Å². The van der Waals surface area contributed by atoms with Gasteiger partial charge in [0.15, 0.2) is 0 Å². The van der Waals surface area contributed by atoms with Crippen LogP contribution < -0.4 is 10.1 Å². The van der Waals surface area contributed by atoms with Gasteiger partial charge in [-0.2, -0.15) is 0 Å². The molecule has 0 spiro atoms. The van der Waals surface area contributed by atoms with Crippen LogP contribution in [0.1, 0.15) is 5.69 Å². The Labute approximate surface area is 71.8 Å². The number of pyridine rings is 1. The Morgan fingerprint density at radius 2 is 2.33 bits per heavy atom. The molecular formula is C9H12N2O. The van der Waals surface area contributed by atoms with Gasteiger partial charge < -0.3 is 10.1 Å². The molecule has 0 aliphatic carbocycles. The van der Waals surface area contributed by atoms with Gasteiger partial charge in [0.1, 0.15) is 11.9 Å². The first-order valence-corrected chi connectivity index (χ1v) is 4.14. The van der Waals surface area contributed by atoms with Gasteiger partial charge in [0.05, 0.1) is 6.20 Å². The van der Waals surface area contributed by atoms with Gasteiger partial charge in [0.25, 0.3) is 0 Å². The van der Waals surface area contributed by atoms with Crippen molar-refractivity contribution in [3.8, 4) is 5.75 Å². The van der Waals surface area contributed by atoms with E-state index >= 15 is 0 Å². The lowest BCUT2D eigenvalue weighted by Crippen LogP contribution is -2.50. The second-order valence-corrected chi connectivity index (χ2v) is 3.03. The zero-order chi connectivity index (χ0) is 8.39. The quantitative estimate of drug-likeness (QED) is 0.700.